The quantitative estimate of drug-likeness (QED) is 0.780. The van der Waals surface area contributed by atoms with E-state index in [1.807, 2.05) is 37.0 Å². The highest BCUT2D eigenvalue weighted by molar-refractivity contribution is 5.80. The molecule has 0 bridgehead atoms. The van der Waals surface area contributed by atoms with Crippen molar-refractivity contribution in [2.45, 2.75) is 6.10 Å². The van der Waals surface area contributed by atoms with E-state index in [2.05, 4.69) is 10.3 Å². The number of nitrogens with zero attached hydrogens (tertiary/aromatic N) is 2. The lowest BCUT2D eigenvalue weighted by molar-refractivity contribution is 0.179. The zero-order valence-corrected chi connectivity index (χ0v) is 8.94. The molecule has 0 aliphatic carbocycles. The number of fused-ring (bicyclic) bond motifs is 1. The molecule has 2 heterocycles. The zero-order chi connectivity index (χ0) is 10.8. The van der Waals surface area contributed by atoms with Crippen molar-refractivity contribution >= 4 is 11.0 Å². The molecule has 0 fully saturated rings. The second-order valence-electron chi connectivity index (χ2n) is 3.64. The van der Waals surface area contributed by atoms with Crippen molar-refractivity contribution in [3.05, 3.63) is 30.1 Å². The van der Waals surface area contributed by atoms with Crippen LogP contribution in [0.4, 0.5) is 0 Å². The third kappa shape index (κ3) is 1.73. The van der Waals surface area contributed by atoms with Gasteiger partial charge in [0.1, 0.15) is 5.65 Å². The molecule has 2 aromatic rings. The van der Waals surface area contributed by atoms with Crippen LogP contribution in [0.5, 0.6) is 0 Å². The Labute approximate surface area is 88.6 Å². The van der Waals surface area contributed by atoms with E-state index in [0.29, 0.717) is 6.54 Å². The summed E-state index contributed by atoms with van der Waals surface area (Å²) in [5, 5.41) is 13.9. The molecule has 15 heavy (non-hydrogen) atoms. The van der Waals surface area contributed by atoms with Crippen LogP contribution in [0.25, 0.3) is 11.0 Å². The highest BCUT2D eigenvalue weighted by Crippen LogP contribution is 2.23. The number of rotatable bonds is 3. The van der Waals surface area contributed by atoms with Crippen LogP contribution in [0.15, 0.2) is 24.5 Å². The standard InChI is InChI=1S/C11H15N3O/c1-12-6-10(15)9-7-14(2)11-8(9)4-3-5-13-11/h3-5,7,10,12,15H,6H2,1-2H3. The van der Waals surface area contributed by atoms with Gasteiger partial charge in [-0.1, -0.05) is 0 Å². The Balaban J connectivity index is 2.52. The molecule has 0 aliphatic heterocycles. The third-order valence-corrected chi connectivity index (χ3v) is 2.52. The van der Waals surface area contributed by atoms with Gasteiger partial charge in [0.15, 0.2) is 0 Å². The van der Waals surface area contributed by atoms with E-state index in [-0.39, 0.29) is 0 Å². The van der Waals surface area contributed by atoms with Crippen molar-refractivity contribution in [2.75, 3.05) is 13.6 Å². The number of hydrogen-bond donors (Lipinski definition) is 2. The minimum atomic E-state index is -0.483. The first-order chi connectivity index (χ1) is 7.24. The molecule has 1 unspecified atom stereocenters. The second kappa shape index (κ2) is 4.00. The highest BCUT2D eigenvalue weighted by atomic mass is 16.3. The average molecular weight is 205 g/mol. The van der Waals surface area contributed by atoms with E-state index < -0.39 is 6.10 Å². The molecule has 0 radical (unpaired) electrons. The fraction of sp³-hybridized carbons (Fsp3) is 0.364. The number of hydrogen-bond acceptors (Lipinski definition) is 3. The first kappa shape index (κ1) is 10.1. The van der Waals surface area contributed by atoms with E-state index in [4.69, 9.17) is 0 Å². The number of aryl methyl sites for hydroxylation is 1. The summed E-state index contributed by atoms with van der Waals surface area (Å²) < 4.78 is 1.93. The Bertz CT molecular complexity index is 464. The van der Waals surface area contributed by atoms with E-state index in [1.54, 1.807) is 6.20 Å². The zero-order valence-electron chi connectivity index (χ0n) is 8.94. The van der Waals surface area contributed by atoms with Crippen LogP contribution >= 0.6 is 0 Å². The predicted octanol–water partition coefficient (Wildman–Crippen LogP) is 0.826. The van der Waals surface area contributed by atoms with Crippen molar-refractivity contribution in [3.8, 4) is 0 Å². The second-order valence-corrected chi connectivity index (χ2v) is 3.64. The summed E-state index contributed by atoms with van der Waals surface area (Å²) in [5.74, 6) is 0. The first-order valence-corrected chi connectivity index (χ1v) is 4.96. The molecule has 2 N–H and O–H groups in total. The lowest BCUT2D eigenvalue weighted by atomic mass is 10.1. The van der Waals surface area contributed by atoms with Crippen LogP contribution in [0.2, 0.25) is 0 Å². The number of nitrogens with one attached hydrogen (secondary N) is 1. The molecule has 0 aliphatic rings. The van der Waals surface area contributed by atoms with Crippen LogP contribution in [0, 0.1) is 0 Å². The lowest BCUT2D eigenvalue weighted by Crippen LogP contribution is -2.16. The fourth-order valence-electron chi connectivity index (χ4n) is 1.81. The lowest BCUT2D eigenvalue weighted by Gasteiger charge is -2.07. The summed E-state index contributed by atoms with van der Waals surface area (Å²) in [5.41, 5.74) is 1.83. The van der Waals surface area contributed by atoms with Crippen LogP contribution in [0.1, 0.15) is 11.7 Å². The molecule has 2 rings (SSSR count). The Kier molecular flexibility index (Phi) is 2.70. The summed E-state index contributed by atoms with van der Waals surface area (Å²) in [6.45, 7) is 0.550. The molecule has 4 heteroatoms. The van der Waals surface area contributed by atoms with Gasteiger partial charge in [-0.3, -0.25) is 0 Å². The van der Waals surface area contributed by atoms with E-state index >= 15 is 0 Å². The molecule has 2 aromatic heterocycles. The molecule has 1 atom stereocenters. The smallest absolute Gasteiger partial charge is 0.139 e. The molecule has 0 saturated heterocycles. The number of aromatic nitrogens is 2. The van der Waals surface area contributed by atoms with Gasteiger partial charge in [0.2, 0.25) is 0 Å². The van der Waals surface area contributed by atoms with Crippen LogP contribution in [-0.4, -0.2) is 28.3 Å². The Morgan fingerprint density at radius 1 is 1.60 bits per heavy atom. The molecule has 0 aromatic carbocycles. The van der Waals surface area contributed by atoms with Gasteiger partial charge in [-0.2, -0.15) is 0 Å². The summed E-state index contributed by atoms with van der Waals surface area (Å²) in [7, 11) is 3.76. The number of pyridine rings is 1. The SMILES string of the molecule is CNCC(O)c1cn(C)c2ncccc12. The topological polar surface area (TPSA) is 50.1 Å². The van der Waals surface area contributed by atoms with Gasteiger partial charge < -0.3 is 15.0 Å². The van der Waals surface area contributed by atoms with E-state index in [0.717, 1.165) is 16.6 Å². The van der Waals surface area contributed by atoms with Gasteiger partial charge in [0.05, 0.1) is 6.10 Å². The van der Waals surface area contributed by atoms with Crippen molar-refractivity contribution in [3.63, 3.8) is 0 Å². The Morgan fingerprint density at radius 2 is 2.40 bits per heavy atom. The van der Waals surface area contributed by atoms with Crippen molar-refractivity contribution in [1.82, 2.24) is 14.9 Å². The summed E-state index contributed by atoms with van der Waals surface area (Å²) in [6, 6.07) is 3.87. The molecule has 4 nitrogen and oxygen atoms in total. The van der Waals surface area contributed by atoms with Crippen molar-refractivity contribution < 1.29 is 5.11 Å². The first-order valence-electron chi connectivity index (χ1n) is 4.96. The number of aliphatic hydroxyl groups excluding tert-OH is 1. The largest absolute Gasteiger partial charge is 0.387 e. The molecule has 80 valence electrons. The minimum Gasteiger partial charge on any atom is -0.387 e. The average Bonchev–Trinajstić information content (AvgIpc) is 2.58. The third-order valence-electron chi connectivity index (χ3n) is 2.52. The monoisotopic (exact) mass is 205 g/mol. The maximum atomic E-state index is 9.93. The maximum Gasteiger partial charge on any atom is 0.139 e. The van der Waals surface area contributed by atoms with E-state index in [1.165, 1.54) is 0 Å². The van der Waals surface area contributed by atoms with Gasteiger partial charge in [0, 0.05) is 36.9 Å². The summed E-state index contributed by atoms with van der Waals surface area (Å²) in [6.07, 6.45) is 3.21. The minimum absolute atomic E-state index is 0.483. The highest BCUT2D eigenvalue weighted by Gasteiger charge is 2.13. The predicted molar refractivity (Wildman–Crippen MR) is 59.6 cm³/mol. The van der Waals surface area contributed by atoms with Crippen molar-refractivity contribution in [1.29, 1.82) is 0 Å². The van der Waals surface area contributed by atoms with Crippen LogP contribution in [-0.2, 0) is 7.05 Å². The van der Waals surface area contributed by atoms with Crippen LogP contribution in [0.3, 0.4) is 0 Å². The van der Waals surface area contributed by atoms with Gasteiger partial charge in [0.25, 0.3) is 0 Å². The van der Waals surface area contributed by atoms with E-state index in [9.17, 15) is 5.11 Å². The summed E-state index contributed by atoms with van der Waals surface area (Å²) >= 11 is 0. The summed E-state index contributed by atoms with van der Waals surface area (Å²) in [4.78, 5) is 4.28. The fourth-order valence-corrected chi connectivity index (χ4v) is 1.81. The molecular weight excluding hydrogens is 190 g/mol. The maximum absolute atomic E-state index is 9.93. The van der Waals surface area contributed by atoms with Crippen LogP contribution < -0.4 is 5.32 Å². The molecule has 0 spiro atoms. The van der Waals surface area contributed by atoms with Crippen molar-refractivity contribution in [2.24, 2.45) is 7.05 Å². The Morgan fingerprint density at radius 3 is 3.13 bits per heavy atom. The molecule has 0 amide bonds. The van der Waals surface area contributed by atoms with Gasteiger partial charge in [-0.05, 0) is 19.2 Å². The number of aliphatic hydroxyl groups is 1. The molecular formula is C11H15N3O. The molecule has 0 saturated carbocycles. The van der Waals surface area contributed by atoms with Gasteiger partial charge in [-0.15, -0.1) is 0 Å². The normalized spacial score (nSPS) is 13.3. The van der Waals surface area contributed by atoms with Gasteiger partial charge >= 0.3 is 0 Å². The number of likely N-dealkylation sites (N-methyl/N-ethyl adjacent to an activating group) is 1. The Hall–Kier alpha value is -1.39. The van der Waals surface area contributed by atoms with Gasteiger partial charge in [-0.25, -0.2) is 4.98 Å².